The van der Waals surface area contributed by atoms with Gasteiger partial charge in [-0.25, -0.2) is 0 Å². The summed E-state index contributed by atoms with van der Waals surface area (Å²) in [4.78, 5) is 0. The number of allylic oxidation sites excluding steroid dienone is 4. The van der Waals surface area contributed by atoms with E-state index in [0.29, 0.717) is 11.8 Å². The molecule has 0 spiro atoms. The SMILES string of the molecule is Nc1c(C2C=CCC2)cccc1C1C=CCC1. The van der Waals surface area contributed by atoms with Crippen LogP contribution in [-0.2, 0) is 0 Å². The van der Waals surface area contributed by atoms with Crippen molar-refractivity contribution in [2.75, 3.05) is 5.73 Å². The molecule has 17 heavy (non-hydrogen) atoms. The van der Waals surface area contributed by atoms with Crippen LogP contribution in [0.25, 0.3) is 0 Å². The molecule has 2 aliphatic rings. The van der Waals surface area contributed by atoms with E-state index >= 15 is 0 Å². The summed E-state index contributed by atoms with van der Waals surface area (Å²) in [5, 5.41) is 0. The van der Waals surface area contributed by atoms with Gasteiger partial charge in [-0.1, -0.05) is 42.5 Å². The molecule has 88 valence electrons. The molecule has 2 unspecified atom stereocenters. The lowest BCUT2D eigenvalue weighted by Crippen LogP contribution is -2.04. The second-order valence-electron chi connectivity index (χ2n) is 5.07. The summed E-state index contributed by atoms with van der Waals surface area (Å²) in [6.45, 7) is 0. The zero-order valence-corrected chi connectivity index (χ0v) is 10.1. The van der Waals surface area contributed by atoms with Crippen molar-refractivity contribution in [2.24, 2.45) is 0 Å². The lowest BCUT2D eigenvalue weighted by atomic mass is 9.89. The summed E-state index contributed by atoms with van der Waals surface area (Å²) < 4.78 is 0. The van der Waals surface area contributed by atoms with Gasteiger partial charge >= 0.3 is 0 Å². The maximum Gasteiger partial charge on any atom is 0.0391 e. The average Bonchev–Trinajstić information content (AvgIpc) is 3.02. The Morgan fingerprint density at radius 3 is 1.82 bits per heavy atom. The first-order valence-electron chi connectivity index (χ1n) is 6.58. The fraction of sp³-hybridized carbons (Fsp3) is 0.375. The van der Waals surface area contributed by atoms with Crippen molar-refractivity contribution in [3.63, 3.8) is 0 Å². The topological polar surface area (TPSA) is 26.0 Å². The minimum atomic E-state index is 0.542. The van der Waals surface area contributed by atoms with Crippen LogP contribution in [0, 0.1) is 0 Å². The first kappa shape index (κ1) is 10.6. The van der Waals surface area contributed by atoms with Gasteiger partial charge in [0.1, 0.15) is 0 Å². The normalized spacial score (nSPS) is 26.8. The minimum absolute atomic E-state index is 0.542. The molecule has 0 saturated carbocycles. The summed E-state index contributed by atoms with van der Waals surface area (Å²) in [5.74, 6) is 1.08. The maximum atomic E-state index is 6.38. The highest BCUT2D eigenvalue weighted by molar-refractivity contribution is 5.59. The summed E-state index contributed by atoms with van der Waals surface area (Å²) in [6.07, 6.45) is 14.0. The third-order valence-electron chi connectivity index (χ3n) is 4.00. The Bertz CT molecular complexity index is 430. The van der Waals surface area contributed by atoms with E-state index in [4.69, 9.17) is 5.73 Å². The molecule has 1 nitrogen and oxygen atoms in total. The minimum Gasteiger partial charge on any atom is -0.398 e. The predicted octanol–water partition coefficient (Wildman–Crippen LogP) is 4.14. The monoisotopic (exact) mass is 225 g/mol. The molecule has 0 heterocycles. The summed E-state index contributed by atoms with van der Waals surface area (Å²) >= 11 is 0. The lowest BCUT2D eigenvalue weighted by Gasteiger charge is -2.18. The van der Waals surface area contributed by atoms with Gasteiger partial charge in [0.15, 0.2) is 0 Å². The van der Waals surface area contributed by atoms with Crippen molar-refractivity contribution in [3.05, 3.63) is 53.6 Å². The Kier molecular flexibility index (Phi) is 2.76. The van der Waals surface area contributed by atoms with Crippen LogP contribution in [0.5, 0.6) is 0 Å². The number of hydrogen-bond donors (Lipinski definition) is 1. The van der Waals surface area contributed by atoms with Gasteiger partial charge in [-0.3, -0.25) is 0 Å². The van der Waals surface area contributed by atoms with Gasteiger partial charge in [-0.05, 0) is 36.8 Å². The van der Waals surface area contributed by atoms with Crippen LogP contribution >= 0.6 is 0 Å². The van der Waals surface area contributed by atoms with E-state index in [2.05, 4.69) is 42.5 Å². The van der Waals surface area contributed by atoms with Crippen molar-refractivity contribution in [1.29, 1.82) is 0 Å². The van der Waals surface area contributed by atoms with Crippen molar-refractivity contribution >= 4 is 5.69 Å². The number of para-hydroxylation sites is 1. The van der Waals surface area contributed by atoms with E-state index in [1.807, 2.05) is 0 Å². The fourth-order valence-corrected chi connectivity index (χ4v) is 3.03. The van der Waals surface area contributed by atoms with Crippen molar-refractivity contribution in [1.82, 2.24) is 0 Å². The van der Waals surface area contributed by atoms with Crippen molar-refractivity contribution in [2.45, 2.75) is 37.5 Å². The molecule has 0 radical (unpaired) electrons. The Balaban J connectivity index is 1.97. The zero-order valence-electron chi connectivity index (χ0n) is 10.1. The first-order valence-corrected chi connectivity index (χ1v) is 6.58. The number of benzene rings is 1. The van der Waals surface area contributed by atoms with E-state index in [0.717, 1.165) is 5.69 Å². The summed E-state index contributed by atoms with van der Waals surface area (Å²) in [7, 11) is 0. The van der Waals surface area contributed by atoms with Gasteiger partial charge in [0.25, 0.3) is 0 Å². The van der Waals surface area contributed by atoms with Crippen molar-refractivity contribution < 1.29 is 0 Å². The number of nitrogens with two attached hydrogens (primary N) is 1. The highest BCUT2D eigenvalue weighted by atomic mass is 14.6. The molecule has 2 N–H and O–H groups in total. The molecule has 1 aromatic rings. The number of hydrogen-bond acceptors (Lipinski definition) is 1. The fourth-order valence-electron chi connectivity index (χ4n) is 3.03. The van der Waals surface area contributed by atoms with Gasteiger partial charge < -0.3 is 5.73 Å². The van der Waals surface area contributed by atoms with Crippen LogP contribution in [0.4, 0.5) is 5.69 Å². The third kappa shape index (κ3) is 1.90. The van der Waals surface area contributed by atoms with Gasteiger partial charge in [0.05, 0.1) is 0 Å². The standard InChI is InChI=1S/C16H19N/c17-16-14(12-6-1-2-7-12)10-5-11-15(16)13-8-3-4-9-13/h1,3,5-6,8,10-13H,2,4,7,9,17H2. The second kappa shape index (κ2) is 4.40. The van der Waals surface area contributed by atoms with E-state index in [1.165, 1.54) is 36.8 Å². The smallest absolute Gasteiger partial charge is 0.0391 e. The van der Waals surface area contributed by atoms with Gasteiger partial charge in [-0.2, -0.15) is 0 Å². The molecule has 1 aromatic carbocycles. The summed E-state index contributed by atoms with van der Waals surface area (Å²) in [5.41, 5.74) is 10.1. The van der Waals surface area contributed by atoms with Crippen LogP contribution < -0.4 is 5.73 Å². The molecule has 0 aromatic heterocycles. The highest BCUT2D eigenvalue weighted by Gasteiger charge is 2.20. The quantitative estimate of drug-likeness (QED) is 0.594. The molecule has 3 rings (SSSR count). The third-order valence-corrected chi connectivity index (χ3v) is 4.00. The lowest BCUT2D eigenvalue weighted by molar-refractivity contribution is 0.783. The van der Waals surface area contributed by atoms with E-state index < -0.39 is 0 Å². The molecule has 0 amide bonds. The Morgan fingerprint density at radius 1 is 0.882 bits per heavy atom. The largest absolute Gasteiger partial charge is 0.398 e. The van der Waals surface area contributed by atoms with Crippen LogP contribution in [0.2, 0.25) is 0 Å². The van der Waals surface area contributed by atoms with Gasteiger partial charge in [0, 0.05) is 17.5 Å². The molecule has 1 heteroatoms. The molecule has 2 atom stereocenters. The van der Waals surface area contributed by atoms with Crippen LogP contribution in [-0.4, -0.2) is 0 Å². The van der Waals surface area contributed by atoms with Gasteiger partial charge in [0.2, 0.25) is 0 Å². The molecular formula is C16H19N. The van der Waals surface area contributed by atoms with Crippen LogP contribution in [0.1, 0.15) is 48.6 Å². The molecule has 0 bridgehead atoms. The maximum absolute atomic E-state index is 6.38. The molecule has 2 aliphatic carbocycles. The van der Waals surface area contributed by atoms with E-state index in [-0.39, 0.29) is 0 Å². The van der Waals surface area contributed by atoms with Crippen LogP contribution in [0.3, 0.4) is 0 Å². The number of anilines is 1. The van der Waals surface area contributed by atoms with E-state index in [9.17, 15) is 0 Å². The molecule has 0 aliphatic heterocycles. The van der Waals surface area contributed by atoms with Gasteiger partial charge in [-0.15, -0.1) is 0 Å². The van der Waals surface area contributed by atoms with E-state index in [1.54, 1.807) is 0 Å². The molecule has 0 fully saturated rings. The zero-order chi connectivity index (χ0) is 11.7. The second-order valence-corrected chi connectivity index (χ2v) is 5.07. The highest BCUT2D eigenvalue weighted by Crippen LogP contribution is 2.38. The molecular weight excluding hydrogens is 206 g/mol. The Labute approximate surface area is 103 Å². The Hall–Kier alpha value is -1.50. The first-order chi connectivity index (χ1) is 8.36. The Morgan fingerprint density at radius 2 is 1.41 bits per heavy atom. The number of nitrogen functional groups attached to an aromatic ring is 1. The molecule has 0 saturated heterocycles. The number of rotatable bonds is 2. The average molecular weight is 225 g/mol. The van der Waals surface area contributed by atoms with Crippen LogP contribution in [0.15, 0.2) is 42.5 Å². The van der Waals surface area contributed by atoms with Crippen molar-refractivity contribution in [3.8, 4) is 0 Å². The predicted molar refractivity (Wildman–Crippen MR) is 73.1 cm³/mol. The summed E-state index contributed by atoms with van der Waals surface area (Å²) in [6, 6.07) is 6.55.